The molecule has 2 aromatic carbocycles. The van der Waals surface area contributed by atoms with E-state index in [1.807, 2.05) is 24.6 Å². The Morgan fingerprint density at radius 2 is 1.97 bits per heavy atom. The summed E-state index contributed by atoms with van der Waals surface area (Å²) < 4.78 is 1.91. The Morgan fingerprint density at radius 1 is 1.19 bits per heavy atom. The smallest absolute Gasteiger partial charge is 0.254 e. The van der Waals surface area contributed by atoms with Gasteiger partial charge in [-0.3, -0.25) is 9.48 Å². The van der Waals surface area contributed by atoms with E-state index in [1.165, 1.54) is 0 Å². The molecule has 0 spiro atoms. The molecule has 0 atom stereocenters. The highest BCUT2D eigenvalue weighted by molar-refractivity contribution is 6.31. The fourth-order valence-corrected chi connectivity index (χ4v) is 3.87. The van der Waals surface area contributed by atoms with E-state index in [1.54, 1.807) is 60.6 Å². The van der Waals surface area contributed by atoms with Crippen LogP contribution in [0.5, 0.6) is 5.75 Å². The van der Waals surface area contributed by atoms with E-state index < -0.39 is 0 Å². The summed E-state index contributed by atoms with van der Waals surface area (Å²) in [7, 11) is 1.77. The van der Waals surface area contributed by atoms with Crippen LogP contribution in [0.1, 0.15) is 28.5 Å². The van der Waals surface area contributed by atoms with E-state index in [0.29, 0.717) is 39.3 Å². The van der Waals surface area contributed by atoms with Crippen LogP contribution in [0, 0.1) is 6.92 Å². The molecule has 158 valence electrons. The number of fused-ring (bicyclic) bond motifs is 1. The van der Waals surface area contributed by atoms with Gasteiger partial charge < -0.3 is 10.0 Å². The normalized spacial score (nSPS) is 11.1. The number of phenols is 1. The molecule has 4 rings (SSSR count). The fraction of sp³-hybridized carbons (Fsp3) is 0.208. The minimum absolute atomic E-state index is 0.109. The molecule has 31 heavy (non-hydrogen) atoms. The number of benzene rings is 2. The van der Waals surface area contributed by atoms with Gasteiger partial charge in [-0.2, -0.15) is 5.10 Å². The first-order chi connectivity index (χ1) is 14.9. The summed E-state index contributed by atoms with van der Waals surface area (Å²) in [5, 5.41) is 15.9. The molecule has 0 bridgehead atoms. The van der Waals surface area contributed by atoms with Crippen LogP contribution >= 0.6 is 11.6 Å². The first-order valence-electron chi connectivity index (χ1n) is 10.0. The molecule has 6 nitrogen and oxygen atoms in total. The first kappa shape index (κ1) is 20.9. The van der Waals surface area contributed by atoms with Crippen LogP contribution in [-0.4, -0.2) is 37.7 Å². The Balaban J connectivity index is 1.79. The number of hydrogen-bond donors (Lipinski definition) is 1. The Hall–Kier alpha value is -3.38. The van der Waals surface area contributed by atoms with Gasteiger partial charge in [-0.05, 0) is 50.2 Å². The minimum atomic E-state index is -0.157. The van der Waals surface area contributed by atoms with Crippen molar-refractivity contribution in [2.24, 2.45) is 0 Å². The number of hydrogen-bond acceptors (Lipinski definition) is 4. The summed E-state index contributed by atoms with van der Waals surface area (Å²) in [4.78, 5) is 19.8. The van der Waals surface area contributed by atoms with Crippen LogP contribution < -0.4 is 0 Å². The third kappa shape index (κ3) is 3.99. The number of carbonyl (C=O) groups excluding carboxylic acids is 1. The van der Waals surface area contributed by atoms with E-state index in [2.05, 4.69) is 10.1 Å². The van der Waals surface area contributed by atoms with Crippen molar-refractivity contribution in [1.29, 1.82) is 0 Å². The maximum atomic E-state index is 13.5. The van der Waals surface area contributed by atoms with E-state index in [4.69, 9.17) is 11.6 Å². The summed E-state index contributed by atoms with van der Waals surface area (Å²) >= 11 is 6.22. The Morgan fingerprint density at radius 3 is 2.68 bits per heavy atom. The molecule has 0 fully saturated rings. The molecule has 7 heteroatoms. The second-order valence-corrected chi connectivity index (χ2v) is 7.90. The summed E-state index contributed by atoms with van der Waals surface area (Å²) in [6.45, 7) is 5.25. The van der Waals surface area contributed by atoms with Crippen LogP contribution in [0.4, 0.5) is 0 Å². The highest BCUT2D eigenvalue weighted by Crippen LogP contribution is 2.32. The number of aryl methyl sites for hydroxylation is 1. The quantitative estimate of drug-likeness (QED) is 0.476. The largest absolute Gasteiger partial charge is 0.507 e. The number of aromatic nitrogens is 3. The Kier molecular flexibility index (Phi) is 5.65. The van der Waals surface area contributed by atoms with Gasteiger partial charge in [-0.15, -0.1) is 0 Å². The summed E-state index contributed by atoms with van der Waals surface area (Å²) in [6.07, 6.45) is 1.80. The summed E-state index contributed by atoms with van der Waals surface area (Å²) in [6, 6.07) is 13.9. The zero-order valence-electron chi connectivity index (χ0n) is 17.6. The minimum Gasteiger partial charge on any atom is -0.507 e. The van der Waals surface area contributed by atoms with Gasteiger partial charge in [0.25, 0.3) is 5.91 Å². The van der Waals surface area contributed by atoms with E-state index >= 15 is 0 Å². The molecule has 0 aliphatic heterocycles. The van der Waals surface area contributed by atoms with Gasteiger partial charge in [0.1, 0.15) is 5.75 Å². The van der Waals surface area contributed by atoms with Crippen LogP contribution in [0.15, 0.2) is 54.7 Å². The van der Waals surface area contributed by atoms with Crippen molar-refractivity contribution in [3.8, 4) is 17.0 Å². The fourth-order valence-electron chi connectivity index (χ4n) is 3.70. The molecular weight excluding hydrogens is 412 g/mol. The molecular formula is C24H23ClN4O2. The maximum absolute atomic E-state index is 13.5. The molecule has 2 aromatic heterocycles. The number of para-hydroxylation sites is 1. The van der Waals surface area contributed by atoms with E-state index in [9.17, 15) is 9.90 Å². The highest BCUT2D eigenvalue weighted by atomic mass is 35.5. The van der Waals surface area contributed by atoms with Crippen LogP contribution in [0.25, 0.3) is 22.2 Å². The average molecular weight is 435 g/mol. The topological polar surface area (TPSA) is 71.2 Å². The molecule has 4 aromatic rings. The molecule has 0 saturated carbocycles. The van der Waals surface area contributed by atoms with Crippen molar-refractivity contribution in [2.45, 2.75) is 26.9 Å². The van der Waals surface area contributed by atoms with Gasteiger partial charge in [0.2, 0.25) is 0 Å². The molecule has 0 saturated heterocycles. The van der Waals surface area contributed by atoms with Gasteiger partial charge >= 0.3 is 0 Å². The van der Waals surface area contributed by atoms with Gasteiger partial charge in [0.15, 0.2) is 0 Å². The average Bonchev–Trinajstić information content (AvgIpc) is 3.12. The Labute approximate surface area is 185 Å². The molecule has 0 unspecified atom stereocenters. The maximum Gasteiger partial charge on any atom is 0.254 e. The van der Waals surface area contributed by atoms with Gasteiger partial charge in [-0.25, -0.2) is 4.98 Å². The molecule has 2 heterocycles. The summed E-state index contributed by atoms with van der Waals surface area (Å²) in [5.74, 6) is -0.0485. The second-order valence-electron chi connectivity index (χ2n) is 7.47. The standard InChI is InChI=1S/C24H23ClN4O2/c1-4-29-15(2)16(13-26-29)14-28(3)24(31)20-12-22(18-7-5-6-8-23(18)30)27-21-10-9-17(25)11-19(20)21/h5-13,30H,4,14H2,1-3H3. The van der Waals surface area contributed by atoms with Crippen molar-refractivity contribution in [1.82, 2.24) is 19.7 Å². The van der Waals surface area contributed by atoms with Crippen LogP contribution in [0.2, 0.25) is 5.02 Å². The SMILES string of the molecule is CCn1ncc(CN(C)C(=O)c2cc(-c3ccccc3O)nc3ccc(Cl)cc23)c1C. The predicted octanol–water partition coefficient (Wildman–Crippen LogP) is 5.06. The van der Waals surface area contributed by atoms with E-state index in [-0.39, 0.29) is 11.7 Å². The van der Waals surface area contributed by atoms with Crippen LogP contribution in [0.3, 0.4) is 0 Å². The van der Waals surface area contributed by atoms with Gasteiger partial charge in [-0.1, -0.05) is 23.7 Å². The van der Waals surface area contributed by atoms with Gasteiger partial charge in [0, 0.05) is 47.4 Å². The lowest BCUT2D eigenvalue weighted by Crippen LogP contribution is -2.26. The molecule has 0 aliphatic rings. The van der Waals surface area contributed by atoms with Crippen molar-refractivity contribution in [2.75, 3.05) is 7.05 Å². The number of phenolic OH excluding ortho intramolecular Hbond substituents is 1. The van der Waals surface area contributed by atoms with Crippen molar-refractivity contribution >= 4 is 28.4 Å². The number of carbonyl (C=O) groups is 1. The van der Waals surface area contributed by atoms with Gasteiger partial charge in [0.05, 0.1) is 23.0 Å². The summed E-state index contributed by atoms with van der Waals surface area (Å²) in [5.41, 5.74) is 4.25. The predicted molar refractivity (Wildman–Crippen MR) is 122 cm³/mol. The van der Waals surface area contributed by atoms with Crippen molar-refractivity contribution in [3.63, 3.8) is 0 Å². The number of pyridine rings is 1. The lowest BCUT2D eigenvalue weighted by atomic mass is 10.0. The number of rotatable bonds is 5. The molecule has 0 radical (unpaired) electrons. The Bertz CT molecular complexity index is 1280. The van der Waals surface area contributed by atoms with Crippen molar-refractivity contribution in [3.05, 3.63) is 76.6 Å². The lowest BCUT2D eigenvalue weighted by molar-refractivity contribution is 0.0787. The second kappa shape index (κ2) is 8.40. The zero-order valence-corrected chi connectivity index (χ0v) is 18.4. The van der Waals surface area contributed by atoms with E-state index in [0.717, 1.165) is 17.8 Å². The number of amides is 1. The highest BCUT2D eigenvalue weighted by Gasteiger charge is 2.20. The third-order valence-corrected chi connectivity index (χ3v) is 5.67. The molecule has 1 amide bonds. The number of nitrogens with zero attached hydrogens (tertiary/aromatic N) is 4. The number of aromatic hydroxyl groups is 1. The van der Waals surface area contributed by atoms with Crippen molar-refractivity contribution < 1.29 is 9.90 Å². The van der Waals surface area contributed by atoms with Crippen LogP contribution in [-0.2, 0) is 13.1 Å². The zero-order chi connectivity index (χ0) is 22.1. The number of halogens is 1. The monoisotopic (exact) mass is 434 g/mol. The molecule has 1 N–H and O–H groups in total. The first-order valence-corrected chi connectivity index (χ1v) is 10.4. The third-order valence-electron chi connectivity index (χ3n) is 5.44. The lowest BCUT2D eigenvalue weighted by Gasteiger charge is -2.19. The molecule has 0 aliphatic carbocycles.